The van der Waals surface area contributed by atoms with Crippen LogP contribution in [-0.4, -0.2) is 15.8 Å². The molecule has 0 spiro atoms. The van der Waals surface area contributed by atoms with Crippen LogP contribution in [0, 0.1) is 20.2 Å². The molecule has 0 unspecified atom stereocenters. The van der Waals surface area contributed by atoms with Crippen molar-refractivity contribution in [1.82, 2.24) is 0 Å². The second-order valence-electron chi connectivity index (χ2n) is 8.30. The fourth-order valence-electron chi connectivity index (χ4n) is 5.18. The Kier molecular flexibility index (Phi) is 5.33. The summed E-state index contributed by atoms with van der Waals surface area (Å²) < 4.78 is 0. The third-order valence-electron chi connectivity index (χ3n) is 6.51. The number of nitro benzene ring substituents is 2. The molecule has 0 fully saturated rings. The van der Waals surface area contributed by atoms with Gasteiger partial charge in [0.25, 0.3) is 5.91 Å². The summed E-state index contributed by atoms with van der Waals surface area (Å²) in [5.41, 5.74) is 11.7. The lowest BCUT2D eigenvalue weighted by Gasteiger charge is -2.42. The van der Waals surface area contributed by atoms with E-state index in [1.807, 2.05) is 0 Å². The van der Waals surface area contributed by atoms with Gasteiger partial charge in [-0.25, -0.2) is 0 Å². The van der Waals surface area contributed by atoms with Crippen LogP contribution in [0.15, 0.2) is 91.0 Å². The van der Waals surface area contributed by atoms with Crippen molar-refractivity contribution in [2.75, 3.05) is 0 Å². The van der Waals surface area contributed by atoms with Crippen LogP contribution >= 0.6 is 0 Å². The summed E-state index contributed by atoms with van der Waals surface area (Å²) in [6.45, 7) is 0. The average molecular weight is 465 g/mol. The summed E-state index contributed by atoms with van der Waals surface area (Å²) >= 11 is 0. The zero-order chi connectivity index (χ0) is 24.7. The molecule has 0 aromatic heterocycles. The second kappa shape index (κ2) is 8.49. The maximum absolute atomic E-state index is 10.8. The smallest absolute Gasteiger partial charge is 0.358 e. The molecule has 3 aliphatic rings. The molecule has 0 heterocycles. The monoisotopic (exact) mass is 465 g/mol. The van der Waals surface area contributed by atoms with Crippen molar-refractivity contribution in [2.45, 2.75) is 11.8 Å². The number of benzene rings is 4. The molecule has 4 aromatic carbocycles. The summed E-state index contributed by atoms with van der Waals surface area (Å²) in [6, 6.07) is 30.0. The van der Waals surface area contributed by atoms with Crippen molar-refractivity contribution in [3.63, 3.8) is 0 Å². The lowest BCUT2D eigenvalue weighted by molar-refractivity contribution is -0.422. The number of carbonyl (C=O) groups excluding carboxylic acids is 1. The predicted octanol–water partition coefficient (Wildman–Crippen LogP) is 5.28. The Hall–Kier alpha value is -4.85. The van der Waals surface area contributed by atoms with Gasteiger partial charge >= 0.3 is 11.4 Å². The third kappa shape index (κ3) is 3.52. The number of nitrogens with two attached hydrogens (primary N) is 1. The molecule has 172 valence electrons. The van der Waals surface area contributed by atoms with Gasteiger partial charge in [-0.15, -0.1) is 0 Å². The van der Waals surface area contributed by atoms with Crippen molar-refractivity contribution < 1.29 is 14.6 Å². The number of para-hydroxylation sites is 1. The molecule has 0 aliphatic heterocycles. The van der Waals surface area contributed by atoms with Gasteiger partial charge in [0.2, 0.25) is 0 Å². The van der Waals surface area contributed by atoms with Crippen LogP contribution in [-0.2, 0) is 0 Å². The largest absolute Gasteiger partial charge is 0.365 e. The zero-order valence-corrected chi connectivity index (χ0v) is 18.3. The van der Waals surface area contributed by atoms with E-state index in [0.717, 1.165) is 18.2 Å². The van der Waals surface area contributed by atoms with E-state index in [1.54, 1.807) is 0 Å². The van der Waals surface area contributed by atoms with Gasteiger partial charge in [0.05, 0.1) is 9.85 Å². The molecule has 0 saturated heterocycles. The number of hydrogen-bond donors (Lipinski definition) is 1. The second-order valence-corrected chi connectivity index (χ2v) is 8.30. The number of amides is 1. The summed E-state index contributed by atoms with van der Waals surface area (Å²) in [5.74, 6) is -0.238. The van der Waals surface area contributed by atoms with Gasteiger partial charge in [0.15, 0.2) is 0 Å². The molecule has 7 rings (SSSR count). The normalized spacial score (nSPS) is 16.1. The minimum absolute atomic E-state index is 0.420. The van der Waals surface area contributed by atoms with Crippen LogP contribution in [0.1, 0.15) is 55.6 Å². The molecular weight excluding hydrogens is 446 g/mol. The van der Waals surface area contributed by atoms with E-state index in [4.69, 9.17) is 5.73 Å². The minimum Gasteiger partial charge on any atom is -0.365 e. The van der Waals surface area contributed by atoms with Crippen LogP contribution in [0.5, 0.6) is 0 Å². The molecule has 0 radical (unpaired) electrons. The number of rotatable bonds is 3. The quantitative estimate of drug-likeness (QED) is 0.281. The van der Waals surface area contributed by atoms with Crippen LogP contribution in [0.2, 0.25) is 0 Å². The van der Waals surface area contributed by atoms with E-state index in [0.29, 0.717) is 11.8 Å². The molecule has 1 amide bonds. The average Bonchev–Trinajstić information content (AvgIpc) is 2.88. The topological polar surface area (TPSA) is 129 Å². The summed E-state index contributed by atoms with van der Waals surface area (Å²) in [6.07, 6.45) is 0. The highest BCUT2D eigenvalue weighted by Gasteiger charge is 2.40. The molecule has 2 N–H and O–H groups in total. The van der Waals surface area contributed by atoms with E-state index >= 15 is 0 Å². The number of hydrogen-bond acceptors (Lipinski definition) is 5. The van der Waals surface area contributed by atoms with Crippen LogP contribution in [0.3, 0.4) is 0 Å². The van der Waals surface area contributed by atoms with Crippen LogP contribution in [0.25, 0.3) is 0 Å². The van der Waals surface area contributed by atoms with Gasteiger partial charge in [-0.2, -0.15) is 0 Å². The first kappa shape index (κ1) is 22.0. The fraction of sp³-hybridized carbons (Fsp3) is 0.0741. The molecule has 3 aliphatic carbocycles. The van der Waals surface area contributed by atoms with E-state index in [9.17, 15) is 25.0 Å². The standard InChI is InChI=1S/C20H14.C7H5N3O5/c1-2-8-14-13(7-1)19-15-9-3-5-11-17(15)20(14)18-12-6-4-10-16(18)19;8-7(11)4-2-1-3-5(9(12)13)6(4)10(14)15/h1-12,19-20H;1-3H,(H2,8,11). The van der Waals surface area contributed by atoms with Gasteiger partial charge in [-0.1, -0.05) is 78.9 Å². The third-order valence-corrected chi connectivity index (χ3v) is 6.51. The van der Waals surface area contributed by atoms with Gasteiger partial charge in [0, 0.05) is 17.9 Å². The van der Waals surface area contributed by atoms with Gasteiger partial charge in [-0.3, -0.25) is 25.0 Å². The molecular formula is C27H19N3O5. The Morgan fingerprint density at radius 1 is 0.600 bits per heavy atom. The van der Waals surface area contributed by atoms with E-state index in [2.05, 4.69) is 72.8 Å². The Morgan fingerprint density at radius 2 is 0.971 bits per heavy atom. The Morgan fingerprint density at radius 3 is 1.26 bits per heavy atom. The van der Waals surface area contributed by atoms with E-state index in [1.165, 1.54) is 33.4 Å². The van der Waals surface area contributed by atoms with Gasteiger partial charge < -0.3 is 5.73 Å². The first-order valence-electron chi connectivity index (χ1n) is 10.9. The first-order chi connectivity index (χ1) is 16.9. The molecule has 35 heavy (non-hydrogen) atoms. The summed E-state index contributed by atoms with van der Waals surface area (Å²) in [5, 5.41) is 21.0. The van der Waals surface area contributed by atoms with Crippen molar-refractivity contribution >= 4 is 17.3 Å². The van der Waals surface area contributed by atoms with Gasteiger partial charge in [0.1, 0.15) is 5.56 Å². The molecule has 2 bridgehead atoms. The summed E-state index contributed by atoms with van der Waals surface area (Å²) in [4.78, 5) is 29.8. The van der Waals surface area contributed by atoms with E-state index in [-0.39, 0.29) is 0 Å². The van der Waals surface area contributed by atoms with Crippen molar-refractivity contribution in [2.24, 2.45) is 5.73 Å². The lowest BCUT2D eigenvalue weighted by Crippen LogP contribution is -2.27. The van der Waals surface area contributed by atoms with Crippen molar-refractivity contribution in [3.05, 3.63) is 150 Å². The van der Waals surface area contributed by atoms with Gasteiger partial charge in [-0.05, 0) is 39.4 Å². The van der Waals surface area contributed by atoms with E-state index < -0.39 is 32.7 Å². The predicted molar refractivity (Wildman–Crippen MR) is 129 cm³/mol. The zero-order valence-electron chi connectivity index (χ0n) is 18.3. The van der Waals surface area contributed by atoms with Crippen molar-refractivity contribution in [1.29, 1.82) is 0 Å². The Labute approximate surface area is 199 Å². The highest BCUT2D eigenvalue weighted by Crippen LogP contribution is 2.55. The SMILES string of the molecule is NC(=O)c1cccc([N+](=O)[O-])c1[N+](=O)[O-].c1ccc2c(c1)C1c3ccccc3C2c2ccccc21. The highest BCUT2D eigenvalue weighted by atomic mass is 16.6. The minimum atomic E-state index is -1.08. The highest BCUT2D eigenvalue weighted by molar-refractivity contribution is 5.98. The first-order valence-corrected chi connectivity index (χ1v) is 10.9. The van der Waals surface area contributed by atoms with Crippen LogP contribution < -0.4 is 5.73 Å². The molecule has 8 nitrogen and oxygen atoms in total. The Balaban J connectivity index is 0.000000153. The maximum atomic E-state index is 10.8. The number of carbonyl (C=O) groups is 1. The summed E-state index contributed by atoms with van der Waals surface area (Å²) in [7, 11) is 0. The molecule has 8 heteroatoms. The number of primary amides is 1. The number of nitrogens with zero attached hydrogens (tertiary/aromatic N) is 2. The lowest BCUT2D eigenvalue weighted by atomic mass is 9.61. The van der Waals surface area contributed by atoms with Crippen molar-refractivity contribution in [3.8, 4) is 0 Å². The molecule has 0 saturated carbocycles. The number of nitro groups is 2. The maximum Gasteiger partial charge on any atom is 0.358 e. The fourth-order valence-corrected chi connectivity index (χ4v) is 5.18. The molecule has 0 atom stereocenters. The molecule has 4 aromatic rings. The van der Waals surface area contributed by atoms with Crippen LogP contribution in [0.4, 0.5) is 11.4 Å². The Bertz CT molecular complexity index is 1300.